The average Bonchev–Trinajstić information content (AvgIpc) is 2.79. The molecular weight excluding hydrogens is 495 g/mol. The van der Waals surface area contributed by atoms with E-state index >= 15 is 0 Å². The van der Waals surface area contributed by atoms with Crippen LogP contribution in [0.3, 0.4) is 0 Å². The Kier molecular flexibility index (Phi) is 7.33. The number of piperidine rings is 1. The molecule has 2 aromatic rings. The lowest BCUT2D eigenvalue weighted by molar-refractivity contribution is 0.00731. The molecule has 0 unspecified atom stereocenters. The first kappa shape index (κ1) is 25.5. The van der Waals surface area contributed by atoms with Gasteiger partial charge in [-0.2, -0.15) is 4.98 Å². The molecule has 36 heavy (non-hydrogen) atoms. The molecule has 192 valence electrons. The van der Waals surface area contributed by atoms with Crippen LogP contribution in [0.15, 0.2) is 24.4 Å². The molecule has 3 heterocycles. The summed E-state index contributed by atoms with van der Waals surface area (Å²) in [7, 11) is 0. The Bertz CT molecular complexity index is 1140. The molecular formula is C27H35Cl2N6O+. The number of aliphatic hydroxyl groups is 1. The number of likely N-dealkylation sites (tertiary alicyclic amines) is 1. The molecule has 2 atom stereocenters. The lowest BCUT2D eigenvalue weighted by atomic mass is 9.72. The third-order valence-corrected chi connectivity index (χ3v) is 9.00. The van der Waals surface area contributed by atoms with E-state index in [9.17, 15) is 5.11 Å². The highest BCUT2D eigenvalue weighted by Crippen LogP contribution is 2.42. The van der Waals surface area contributed by atoms with Gasteiger partial charge in [0.15, 0.2) is 0 Å². The van der Waals surface area contributed by atoms with Crippen LogP contribution < -0.4 is 10.2 Å². The predicted octanol–water partition coefficient (Wildman–Crippen LogP) is 5.27. The maximum Gasteiger partial charge on any atom is 0.299 e. The Hall–Kier alpha value is -2.11. The SMILES string of the molecule is C#[N+][C@]1(C2CN(c3ncc(C)c(N[C@H](C)c4ccc(Cl)cc4Cl)n3)C2)CCCN(C2CC(CO)C2)C1. The molecule has 2 saturated heterocycles. The molecule has 3 fully saturated rings. The van der Waals surface area contributed by atoms with Crippen LogP contribution in [0.1, 0.15) is 49.8 Å². The van der Waals surface area contributed by atoms with Gasteiger partial charge in [0.1, 0.15) is 5.82 Å². The maximum absolute atomic E-state index is 9.40. The van der Waals surface area contributed by atoms with Crippen molar-refractivity contribution in [1.82, 2.24) is 14.9 Å². The van der Waals surface area contributed by atoms with Crippen molar-refractivity contribution in [3.8, 4) is 6.57 Å². The summed E-state index contributed by atoms with van der Waals surface area (Å²) >= 11 is 12.5. The molecule has 0 radical (unpaired) electrons. The van der Waals surface area contributed by atoms with Gasteiger partial charge in [-0.1, -0.05) is 34.1 Å². The molecule has 2 aliphatic heterocycles. The molecule has 0 spiro atoms. The smallest absolute Gasteiger partial charge is 0.299 e. The molecule has 1 aromatic carbocycles. The van der Waals surface area contributed by atoms with Gasteiger partial charge in [-0.25, -0.2) is 4.98 Å². The number of nitrogens with zero attached hydrogens (tertiary/aromatic N) is 5. The van der Waals surface area contributed by atoms with E-state index in [1.54, 1.807) is 6.07 Å². The van der Waals surface area contributed by atoms with Crippen LogP contribution in [0.4, 0.5) is 11.8 Å². The second kappa shape index (κ2) is 10.3. The van der Waals surface area contributed by atoms with Crippen LogP contribution in [-0.2, 0) is 0 Å². The van der Waals surface area contributed by atoms with Crippen molar-refractivity contribution in [3.05, 3.63) is 50.4 Å². The molecule has 0 amide bonds. The highest BCUT2D eigenvalue weighted by atomic mass is 35.5. The molecule has 5 rings (SSSR count). The van der Waals surface area contributed by atoms with Gasteiger partial charge in [0, 0.05) is 54.0 Å². The number of anilines is 2. The normalized spacial score (nSPS) is 27.6. The van der Waals surface area contributed by atoms with E-state index in [0.717, 1.165) is 74.8 Å². The molecule has 1 saturated carbocycles. The number of nitrogens with one attached hydrogen (secondary N) is 1. The van der Waals surface area contributed by atoms with E-state index in [2.05, 4.69) is 31.9 Å². The van der Waals surface area contributed by atoms with E-state index in [-0.39, 0.29) is 11.6 Å². The summed E-state index contributed by atoms with van der Waals surface area (Å²) in [6.45, 7) is 14.1. The van der Waals surface area contributed by atoms with Gasteiger partial charge in [0.2, 0.25) is 5.95 Å². The number of hydrogen-bond donors (Lipinski definition) is 2. The fraction of sp³-hybridized carbons (Fsp3) is 0.593. The van der Waals surface area contributed by atoms with Crippen molar-refractivity contribution in [3.63, 3.8) is 0 Å². The number of aliphatic hydroxyl groups excluding tert-OH is 1. The minimum absolute atomic E-state index is 0.0372. The minimum Gasteiger partial charge on any atom is -0.396 e. The van der Waals surface area contributed by atoms with Crippen molar-refractivity contribution in [2.24, 2.45) is 11.8 Å². The van der Waals surface area contributed by atoms with E-state index in [1.165, 1.54) is 0 Å². The summed E-state index contributed by atoms with van der Waals surface area (Å²) in [4.78, 5) is 18.7. The zero-order chi connectivity index (χ0) is 25.4. The van der Waals surface area contributed by atoms with Gasteiger partial charge < -0.3 is 15.3 Å². The van der Waals surface area contributed by atoms with Gasteiger partial charge in [-0.3, -0.25) is 4.90 Å². The first-order valence-electron chi connectivity index (χ1n) is 12.9. The van der Waals surface area contributed by atoms with Gasteiger partial charge >= 0.3 is 0 Å². The van der Waals surface area contributed by atoms with E-state index < -0.39 is 0 Å². The molecule has 7 nitrogen and oxygen atoms in total. The topological polar surface area (TPSA) is 68.9 Å². The van der Waals surface area contributed by atoms with Gasteiger partial charge in [-0.15, -0.1) is 0 Å². The summed E-state index contributed by atoms with van der Waals surface area (Å²) < 4.78 is 0. The first-order chi connectivity index (χ1) is 17.3. The average molecular weight is 531 g/mol. The van der Waals surface area contributed by atoms with Crippen molar-refractivity contribution >= 4 is 35.0 Å². The fourth-order valence-corrected chi connectivity index (χ4v) is 6.52. The highest BCUT2D eigenvalue weighted by Gasteiger charge is 2.57. The van der Waals surface area contributed by atoms with Crippen LogP contribution in [-0.4, -0.2) is 64.3 Å². The molecule has 1 aliphatic carbocycles. The third kappa shape index (κ3) is 4.89. The van der Waals surface area contributed by atoms with Crippen LogP contribution in [0.2, 0.25) is 10.0 Å². The molecule has 9 heteroatoms. The van der Waals surface area contributed by atoms with Crippen LogP contribution in [0, 0.1) is 25.3 Å². The van der Waals surface area contributed by atoms with Crippen LogP contribution in [0.25, 0.3) is 4.85 Å². The Morgan fingerprint density at radius 1 is 1.31 bits per heavy atom. The predicted molar refractivity (Wildman–Crippen MR) is 146 cm³/mol. The number of benzene rings is 1. The van der Waals surface area contributed by atoms with Crippen molar-refractivity contribution in [1.29, 1.82) is 0 Å². The molecule has 2 N–H and O–H groups in total. The van der Waals surface area contributed by atoms with Gasteiger partial charge in [0.05, 0.1) is 18.5 Å². The van der Waals surface area contributed by atoms with Crippen LogP contribution in [0.5, 0.6) is 0 Å². The monoisotopic (exact) mass is 529 g/mol. The van der Waals surface area contributed by atoms with E-state index in [1.807, 2.05) is 25.3 Å². The molecule has 1 aromatic heterocycles. The van der Waals surface area contributed by atoms with Crippen molar-refractivity contribution < 1.29 is 5.11 Å². The Morgan fingerprint density at radius 3 is 2.78 bits per heavy atom. The van der Waals surface area contributed by atoms with E-state index in [0.29, 0.717) is 34.5 Å². The summed E-state index contributed by atoms with van der Waals surface area (Å²) in [5.41, 5.74) is 1.73. The quantitative estimate of drug-likeness (QED) is 0.509. The minimum atomic E-state index is -0.218. The van der Waals surface area contributed by atoms with Crippen molar-refractivity contribution in [2.45, 2.75) is 57.2 Å². The first-order valence-corrected chi connectivity index (χ1v) is 13.6. The summed E-state index contributed by atoms with van der Waals surface area (Å²) in [6.07, 6.45) is 6.17. The lowest BCUT2D eigenvalue weighted by Crippen LogP contribution is -2.64. The summed E-state index contributed by atoms with van der Waals surface area (Å²) in [6, 6.07) is 6.07. The zero-order valence-electron chi connectivity index (χ0n) is 21.0. The summed E-state index contributed by atoms with van der Waals surface area (Å²) in [5.74, 6) is 2.36. The number of rotatable bonds is 7. The number of aromatic nitrogens is 2. The molecule has 3 aliphatic rings. The van der Waals surface area contributed by atoms with Crippen LogP contribution >= 0.6 is 23.2 Å². The number of hydrogen-bond acceptors (Lipinski definition) is 6. The zero-order valence-corrected chi connectivity index (χ0v) is 22.5. The number of aryl methyl sites for hydroxylation is 1. The largest absolute Gasteiger partial charge is 0.396 e. The lowest BCUT2D eigenvalue weighted by Gasteiger charge is -2.49. The van der Waals surface area contributed by atoms with Crippen molar-refractivity contribution in [2.75, 3.05) is 43.0 Å². The Morgan fingerprint density at radius 2 is 2.08 bits per heavy atom. The highest BCUT2D eigenvalue weighted by molar-refractivity contribution is 6.35. The summed E-state index contributed by atoms with van der Waals surface area (Å²) in [5, 5.41) is 14.1. The Balaban J connectivity index is 1.24. The fourth-order valence-electron chi connectivity index (χ4n) is 5.95. The third-order valence-electron chi connectivity index (χ3n) is 8.44. The maximum atomic E-state index is 9.40. The van der Waals surface area contributed by atoms with Gasteiger partial charge in [0.25, 0.3) is 12.1 Å². The molecule has 0 bridgehead atoms. The van der Waals surface area contributed by atoms with E-state index in [4.69, 9.17) is 34.8 Å². The Labute approximate surface area is 223 Å². The standard InChI is InChI=1S/C27H35Cl2N6O/c1-17-12-31-26(33-25(17)32-18(2)23-6-5-21(28)11-24(23)29)35-13-20(14-35)27(30-3)7-4-8-34(16-27)22-9-19(10-22)15-36/h3,5-6,11-12,18-20,22,36H,4,7-10,13-16H2,1-2H3,(H,31,32,33)/q+1/t18-,19?,22?,27-/m1/s1. The second-order valence-electron chi connectivity index (χ2n) is 10.8. The second-order valence-corrected chi connectivity index (χ2v) is 11.7. The number of halogens is 2. The van der Waals surface area contributed by atoms with Gasteiger partial charge in [-0.05, 0) is 63.3 Å².